The van der Waals surface area contributed by atoms with Crippen LogP contribution in [0.5, 0.6) is 0 Å². The molecule has 0 heterocycles. The number of benzene rings is 1. The fourth-order valence-electron chi connectivity index (χ4n) is 0.822. The maximum atomic E-state index is 11.2. The highest BCUT2D eigenvalue weighted by Crippen LogP contribution is 2.19. The maximum absolute atomic E-state index is 11.2. The number of hydrogen-bond donors (Lipinski definition) is 0. The number of carbonyl (C=O) groups excluding carboxylic acids is 1. The van der Waals surface area contributed by atoms with Gasteiger partial charge in [-0.05, 0) is 33.2 Å². The van der Waals surface area contributed by atoms with Crippen molar-refractivity contribution in [2.45, 2.75) is 18.0 Å². The van der Waals surface area contributed by atoms with Crippen molar-refractivity contribution in [2.24, 2.45) is 0 Å². The van der Waals surface area contributed by atoms with Gasteiger partial charge in [0.15, 0.2) is 6.23 Å². The van der Waals surface area contributed by atoms with E-state index in [0.29, 0.717) is 0 Å². The summed E-state index contributed by atoms with van der Waals surface area (Å²) in [6.45, 7) is 1.77. The van der Waals surface area contributed by atoms with Crippen LogP contribution in [-0.4, -0.2) is 31.4 Å². The highest BCUT2D eigenvalue weighted by atomic mass is 32.2. The lowest BCUT2D eigenvalue weighted by Gasteiger charge is -2.18. The minimum Gasteiger partial charge on any atom is -0.415 e. The Hall–Kier alpha value is -1.20. The number of carbonyl (C=O) groups is 1. The van der Waals surface area contributed by atoms with Gasteiger partial charge in [0.25, 0.3) is 0 Å². The SMILES string of the molecule is CC(OC(=O)OSc1ccccc1)N(C)C. The molecule has 0 radical (unpaired) electrons. The van der Waals surface area contributed by atoms with Crippen LogP contribution < -0.4 is 0 Å². The molecule has 1 atom stereocenters. The van der Waals surface area contributed by atoms with Gasteiger partial charge in [-0.3, -0.25) is 4.90 Å². The second-order valence-corrected chi connectivity index (χ2v) is 4.22. The van der Waals surface area contributed by atoms with Crippen molar-refractivity contribution in [3.05, 3.63) is 30.3 Å². The van der Waals surface area contributed by atoms with Gasteiger partial charge in [0.05, 0.1) is 12.0 Å². The van der Waals surface area contributed by atoms with Gasteiger partial charge in [-0.2, -0.15) is 0 Å². The third-order valence-corrected chi connectivity index (χ3v) is 2.63. The van der Waals surface area contributed by atoms with Crippen LogP contribution in [0.1, 0.15) is 6.92 Å². The van der Waals surface area contributed by atoms with Crippen LogP contribution in [-0.2, 0) is 8.92 Å². The zero-order valence-electron chi connectivity index (χ0n) is 9.54. The van der Waals surface area contributed by atoms with Crippen LogP contribution in [0.3, 0.4) is 0 Å². The molecule has 0 saturated heterocycles. The zero-order chi connectivity index (χ0) is 12.0. The van der Waals surface area contributed by atoms with E-state index in [2.05, 4.69) is 0 Å². The van der Waals surface area contributed by atoms with Crippen LogP contribution in [0.25, 0.3) is 0 Å². The van der Waals surface area contributed by atoms with Gasteiger partial charge in [0.2, 0.25) is 0 Å². The Morgan fingerprint density at radius 2 is 1.94 bits per heavy atom. The van der Waals surface area contributed by atoms with Crippen LogP contribution >= 0.6 is 12.0 Å². The fraction of sp³-hybridized carbons (Fsp3) is 0.364. The van der Waals surface area contributed by atoms with E-state index in [-0.39, 0.29) is 6.23 Å². The summed E-state index contributed by atoms with van der Waals surface area (Å²) in [6.07, 6.45) is -0.987. The summed E-state index contributed by atoms with van der Waals surface area (Å²) in [6, 6.07) is 9.36. The third kappa shape index (κ3) is 4.55. The first-order valence-electron chi connectivity index (χ1n) is 4.86. The van der Waals surface area contributed by atoms with Crippen LogP contribution in [0.4, 0.5) is 4.79 Å². The van der Waals surface area contributed by atoms with Crippen molar-refractivity contribution >= 4 is 18.2 Å². The molecule has 16 heavy (non-hydrogen) atoms. The Labute approximate surface area is 99.7 Å². The van der Waals surface area contributed by atoms with E-state index in [9.17, 15) is 4.79 Å². The third-order valence-electron chi connectivity index (χ3n) is 1.94. The second-order valence-electron chi connectivity index (χ2n) is 3.41. The zero-order valence-corrected chi connectivity index (χ0v) is 10.4. The van der Waals surface area contributed by atoms with Crippen molar-refractivity contribution in [2.75, 3.05) is 14.1 Å². The van der Waals surface area contributed by atoms with Gasteiger partial charge in [-0.1, -0.05) is 18.2 Å². The van der Waals surface area contributed by atoms with Gasteiger partial charge in [-0.15, -0.1) is 0 Å². The average Bonchev–Trinajstić information content (AvgIpc) is 2.27. The predicted octanol–water partition coefficient (Wildman–Crippen LogP) is 2.75. The summed E-state index contributed by atoms with van der Waals surface area (Å²) in [7, 11) is 3.64. The normalized spacial score (nSPS) is 12.2. The molecule has 1 rings (SSSR count). The molecule has 1 unspecified atom stereocenters. The van der Waals surface area contributed by atoms with E-state index in [0.717, 1.165) is 16.9 Å². The van der Waals surface area contributed by atoms with Crippen LogP contribution in [0, 0.1) is 0 Å². The Kier molecular flexibility index (Phi) is 5.14. The number of hydrogen-bond acceptors (Lipinski definition) is 5. The van der Waals surface area contributed by atoms with E-state index >= 15 is 0 Å². The molecule has 0 amide bonds. The van der Waals surface area contributed by atoms with Crippen molar-refractivity contribution in [3.8, 4) is 0 Å². The molecule has 0 aliphatic carbocycles. The molecule has 1 aromatic carbocycles. The second kappa shape index (κ2) is 6.40. The molecule has 88 valence electrons. The molecule has 0 spiro atoms. The topological polar surface area (TPSA) is 38.8 Å². The van der Waals surface area contributed by atoms with E-state index in [1.54, 1.807) is 11.8 Å². The summed E-state index contributed by atoms with van der Waals surface area (Å²) in [5, 5.41) is 0. The van der Waals surface area contributed by atoms with Crippen molar-refractivity contribution in [1.82, 2.24) is 4.90 Å². The van der Waals surface area contributed by atoms with Crippen LogP contribution in [0.2, 0.25) is 0 Å². The molecule has 0 aromatic heterocycles. The summed E-state index contributed by atoms with van der Waals surface area (Å²) < 4.78 is 9.86. The van der Waals surface area contributed by atoms with Gasteiger partial charge in [0.1, 0.15) is 0 Å². The lowest BCUT2D eigenvalue weighted by Crippen LogP contribution is -2.29. The van der Waals surface area contributed by atoms with Crippen molar-refractivity contribution in [3.63, 3.8) is 0 Å². The highest BCUT2D eigenvalue weighted by molar-refractivity contribution is 7.95. The minimum atomic E-state index is -0.685. The summed E-state index contributed by atoms with van der Waals surface area (Å²) in [5.74, 6) is 0. The van der Waals surface area contributed by atoms with E-state index in [4.69, 9.17) is 8.92 Å². The van der Waals surface area contributed by atoms with Gasteiger partial charge in [0, 0.05) is 4.90 Å². The molecule has 0 fully saturated rings. The van der Waals surface area contributed by atoms with Crippen LogP contribution in [0.15, 0.2) is 35.2 Å². The first kappa shape index (κ1) is 12.9. The highest BCUT2D eigenvalue weighted by Gasteiger charge is 2.12. The Balaban J connectivity index is 2.31. The number of rotatable bonds is 4. The lowest BCUT2D eigenvalue weighted by atomic mass is 10.4. The molecule has 0 aliphatic heterocycles. The molecule has 0 bridgehead atoms. The average molecular weight is 241 g/mol. The summed E-state index contributed by atoms with van der Waals surface area (Å²) >= 11 is 0.989. The molecular weight excluding hydrogens is 226 g/mol. The first-order chi connectivity index (χ1) is 7.59. The van der Waals surface area contributed by atoms with E-state index in [1.807, 2.05) is 44.4 Å². The van der Waals surface area contributed by atoms with Crippen molar-refractivity contribution in [1.29, 1.82) is 0 Å². The minimum absolute atomic E-state index is 0.302. The Morgan fingerprint density at radius 3 is 2.50 bits per heavy atom. The standard InChI is InChI=1S/C11H15NO3S/c1-9(12(2)3)14-11(13)15-16-10-7-5-4-6-8-10/h4-9H,1-3H3. The predicted molar refractivity (Wildman–Crippen MR) is 63.0 cm³/mol. The Morgan fingerprint density at radius 1 is 1.31 bits per heavy atom. The Bertz CT molecular complexity index is 329. The quantitative estimate of drug-likeness (QED) is 0.460. The summed E-state index contributed by atoms with van der Waals surface area (Å²) in [4.78, 5) is 13.9. The molecule has 0 aliphatic rings. The van der Waals surface area contributed by atoms with Gasteiger partial charge < -0.3 is 8.92 Å². The fourth-order valence-corrected chi connectivity index (χ4v) is 1.29. The molecule has 1 aromatic rings. The molecule has 0 saturated carbocycles. The summed E-state index contributed by atoms with van der Waals surface area (Å²) in [5.41, 5.74) is 0. The largest absolute Gasteiger partial charge is 0.522 e. The van der Waals surface area contributed by atoms with E-state index < -0.39 is 6.16 Å². The maximum Gasteiger partial charge on any atom is 0.522 e. The molecule has 4 nitrogen and oxygen atoms in total. The van der Waals surface area contributed by atoms with Gasteiger partial charge in [-0.25, -0.2) is 4.79 Å². The van der Waals surface area contributed by atoms with Gasteiger partial charge >= 0.3 is 6.16 Å². The number of ether oxygens (including phenoxy) is 1. The molecule has 5 heteroatoms. The monoisotopic (exact) mass is 241 g/mol. The molecule has 0 N–H and O–H groups in total. The smallest absolute Gasteiger partial charge is 0.415 e. The lowest BCUT2D eigenvalue weighted by molar-refractivity contribution is 0.00546. The van der Waals surface area contributed by atoms with Crippen molar-refractivity contribution < 1.29 is 13.7 Å². The van der Waals surface area contributed by atoms with E-state index in [1.165, 1.54) is 0 Å². The molecular formula is C11H15NO3S. The first-order valence-corrected chi connectivity index (χ1v) is 5.60. The number of nitrogens with zero attached hydrogens (tertiary/aromatic N) is 1.